The van der Waals surface area contributed by atoms with E-state index in [2.05, 4.69) is 0 Å². The maximum Gasteiger partial charge on any atom is 0.317 e. The number of carbonyl (C=O) groups is 1. The van der Waals surface area contributed by atoms with Gasteiger partial charge in [0.05, 0.1) is 0 Å². The van der Waals surface area contributed by atoms with Crippen LogP contribution in [0.4, 0.5) is 8.78 Å². The van der Waals surface area contributed by atoms with Crippen LogP contribution >= 0.6 is 11.8 Å². The molecule has 0 amide bonds. The molecule has 1 N–H and O–H groups in total. The Morgan fingerprint density at radius 1 is 1.31 bits per heavy atom. The van der Waals surface area contributed by atoms with Crippen molar-refractivity contribution in [2.24, 2.45) is 5.92 Å². The molecule has 2 nitrogen and oxygen atoms in total. The topological polar surface area (TPSA) is 37.3 Å². The van der Waals surface area contributed by atoms with Crippen LogP contribution in [0.25, 0.3) is 0 Å². The predicted molar refractivity (Wildman–Crippen MR) is 58.5 cm³/mol. The third-order valence-electron chi connectivity index (χ3n) is 2.00. The normalized spacial score (nSPS) is 12.8. The number of benzene rings is 1. The van der Waals surface area contributed by atoms with E-state index in [9.17, 15) is 13.6 Å². The lowest BCUT2D eigenvalue weighted by atomic mass is 10.1. The van der Waals surface area contributed by atoms with E-state index in [1.807, 2.05) is 0 Å². The molecule has 16 heavy (non-hydrogen) atoms. The first-order valence-corrected chi connectivity index (χ1v) is 5.64. The summed E-state index contributed by atoms with van der Waals surface area (Å²) < 4.78 is 25.5. The van der Waals surface area contributed by atoms with E-state index in [0.717, 1.165) is 23.9 Å². The van der Waals surface area contributed by atoms with Crippen LogP contribution in [-0.2, 0) is 4.79 Å². The van der Waals surface area contributed by atoms with Crippen molar-refractivity contribution in [3.63, 3.8) is 0 Å². The van der Waals surface area contributed by atoms with Crippen LogP contribution in [0, 0.1) is 17.6 Å². The smallest absolute Gasteiger partial charge is 0.317 e. The lowest BCUT2D eigenvalue weighted by Crippen LogP contribution is -2.22. The molecule has 1 atom stereocenters. The fourth-order valence-corrected chi connectivity index (χ4v) is 2.15. The zero-order valence-electron chi connectivity index (χ0n) is 8.91. The molecule has 0 saturated carbocycles. The van der Waals surface area contributed by atoms with E-state index in [-0.39, 0.29) is 5.92 Å². The summed E-state index contributed by atoms with van der Waals surface area (Å²) in [6.45, 7) is 3.54. The van der Waals surface area contributed by atoms with Gasteiger partial charge in [-0.3, -0.25) is 4.79 Å². The number of carboxylic acid groups (broad SMARTS) is 1. The van der Waals surface area contributed by atoms with Crippen molar-refractivity contribution in [2.75, 3.05) is 0 Å². The maximum atomic E-state index is 12.9. The third kappa shape index (κ3) is 3.20. The Labute approximate surface area is 96.7 Å². The molecule has 0 spiro atoms. The summed E-state index contributed by atoms with van der Waals surface area (Å²) in [6.07, 6.45) is 0. The van der Waals surface area contributed by atoms with Gasteiger partial charge in [-0.2, -0.15) is 0 Å². The molecule has 0 aliphatic carbocycles. The number of aliphatic carboxylic acids is 1. The highest BCUT2D eigenvalue weighted by Crippen LogP contribution is 2.29. The molecule has 0 saturated heterocycles. The van der Waals surface area contributed by atoms with E-state index in [1.165, 1.54) is 6.07 Å². The molecule has 0 aromatic heterocycles. The molecule has 0 bridgehead atoms. The molecule has 1 rings (SSSR count). The Hall–Kier alpha value is -1.10. The molecule has 0 aliphatic rings. The minimum Gasteiger partial charge on any atom is -0.480 e. The second-order valence-corrected chi connectivity index (χ2v) is 4.91. The second-order valence-electron chi connectivity index (χ2n) is 3.70. The Morgan fingerprint density at radius 3 is 2.38 bits per heavy atom. The summed E-state index contributed by atoms with van der Waals surface area (Å²) in [5, 5.41) is 8.28. The SMILES string of the molecule is CC(C)C(Sc1ccc(F)c(F)c1)C(=O)O. The highest BCUT2D eigenvalue weighted by molar-refractivity contribution is 8.00. The summed E-state index contributed by atoms with van der Waals surface area (Å²) in [5.41, 5.74) is 0. The lowest BCUT2D eigenvalue weighted by Gasteiger charge is -2.15. The van der Waals surface area contributed by atoms with Crippen LogP contribution in [0.15, 0.2) is 23.1 Å². The minimum atomic E-state index is -0.960. The summed E-state index contributed by atoms with van der Waals surface area (Å²) in [5.74, 6) is -2.93. The van der Waals surface area contributed by atoms with E-state index < -0.39 is 22.9 Å². The van der Waals surface area contributed by atoms with Crippen LogP contribution in [0.5, 0.6) is 0 Å². The van der Waals surface area contributed by atoms with Crippen LogP contribution in [0.1, 0.15) is 13.8 Å². The Balaban J connectivity index is 2.86. The van der Waals surface area contributed by atoms with Gasteiger partial charge in [0.1, 0.15) is 5.25 Å². The largest absolute Gasteiger partial charge is 0.480 e. The third-order valence-corrected chi connectivity index (χ3v) is 3.53. The Kier molecular flexibility index (Phi) is 4.29. The average molecular weight is 246 g/mol. The average Bonchev–Trinajstić information content (AvgIpc) is 2.18. The van der Waals surface area contributed by atoms with Crippen molar-refractivity contribution in [1.29, 1.82) is 0 Å². The predicted octanol–water partition coefficient (Wildman–Crippen LogP) is 3.17. The summed E-state index contributed by atoms with van der Waals surface area (Å²) in [6, 6.07) is 3.39. The van der Waals surface area contributed by atoms with Crippen LogP contribution in [0.3, 0.4) is 0 Å². The Bertz CT molecular complexity index is 394. The summed E-state index contributed by atoms with van der Waals surface area (Å²) in [7, 11) is 0. The van der Waals surface area contributed by atoms with Gasteiger partial charge in [-0.25, -0.2) is 8.78 Å². The highest BCUT2D eigenvalue weighted by atomic mass is 32.2. The fraction of sp³-hybridized carbons (Fsp3) is 0.364. The van der Waals surface area contributed by atoms with Crippen molar-refractivity contribution in [1.82, 2.24) is 0 Å². The first-order chi connectivity index (χ1) is 7.41. The van der Waals surface area contributed by atoms with Crippen LogP contribution < -0.4 is 0 Å². The fourth-order valence-electron chi connectivity index (χ4n) is 1.17. The van der Waals surface area contributed by atoms with Crippen molar-refractivity contribution in [3.05, 3.63) is 29.8 Å². The van der Waals surface area contributed by atoms with E-state index in [0.29, 0.717) is 4.90 Å². The molecular weight excluding hydrogens is 234 g/mol. The number of halogens is 2. The first kappa shape index (κ1) is 13.0. The van der Waals surface area contributed by atoms with E-state index >= 15 is 0 Å². The summed E-state index contributed by atoms with van der Waals surface area (Å²) in [4.78, 5) is 11.3. The molecule has 88 valence electrons. The van der Waals surface area contributed by atoms with Crippen molar-refractivity contribution < 1.29 is 18.7 Å². The van der Waals surface area contributed by atoms with Gasteiger partial charge in [0.15, 0.2) is 11.6 Å². The number of rotatable bonds is 4. The first-order valence-electron chi connectivity index (χ1n) is 4.76. The van der Waals surface area contributed by atoms with Crippen molar-refractivity contribution >= 4 is 17.7 Å². The monoisotopic (exact) mass is 246 g/mol. The van der Waals surface area contributed by atoms with Gasteiger partial charge in [-0.1, -0.05) is 13.8 Å². The number of carboxylic acids is 1. The molecule has 1 unspecified atom stereocenters. The summed E-state index contributed by atoms with van der Waals surface area (Å²) >= 11 is 1.02. The van der Waals surface area contributed by atoms with Gasteiger partial charge in [0, 0.05) is 4.90 Å². The van der Waals surface area contributed by atoms with Gasteiger partial charge in [-0.05, 0) is 24.1 Å². The Morgan fingerprint density at radius 2 is 1.94 bits per heavy atom. The van der Waals surface area contributed by atoms with Crippen LogP contribution in [-0.4, -0.2) is 16.3 Å². The molecular formula is C11H12F2O2S. The molecule has 0 fully saturated rings. The lowest BCUT2D eigenvalue weighted by molar-refractivity contribution is -0.137. The van der Waals surface area contributed by atoms with Gasteiger partial charge in [-0.15, -0.1) is 11.8 Å². The zero-order valence-corrected chi connectivity index (χ0v) is 9.72. The maximum absolute atomic E-state index is 12.9. The van der Waals surface area contributed by atoms with Gasteiger partial charge >= 0.3 is 5.97 Å². The molecule has 0 radical (unpaired) electrons. The van der Waals surface area contributed by atoms with Gasteiger partial charge in [0.25, 0.3) is 0 Å². The van der Waals surface area contributed by atoms with Crippen molar-refractivity contribution in [3.8, 4) is 0 Å². The molecule has 1 aromatic rings. The standard InChI is InChI=1S/C11H12F2O2S/c1-6(2)10(11(14)15)16-7-3-4-8(12)9(13)5-7/h3-6,10H,1-2H3,(H,14,15). The highest BCUT2D eigenvalue weighted by Gasteiger charge is 2.23. The molecule has 0 aliphatic heterocycles. The minimum absolute atomic E-state index is 0.0874. The van der Waals surface area contributed by atoms with Gasteiger partial charge in [0.2, 0.25) is 0 Å². The van der Waals surface area contributed by atoms with E-state index in [4.69, 9.17) is 5.11 Å². The number of hydrogen-bond acceptors (Lipinski definition) is 2. The second kappa shape index (κ2) is 5.30. The van der Waals surface area contributed by atoms with Gasteiger partial charge < -0.3 is 5.11 Å². The van der Waals surface area contributed by atoms with Crippen molar-refractivity contribution in [2.45, 2.75) is 24.0 Å². The van der Waals surface area contributed by atoms with Crippen LogP contribution in [0.2, 0.25) is 0 Å². The molecule has 0 heterocycles. The quantitative estimate of drug-likeness (QED) is 0.829. The molecule has 5 heteroatoms. The van der Waals surface area contributed by atoms with E-state index in [1.54, 1.807) is 13.8 Å². The molecule has 1 aromatic carbocycles. The number of thioether (sulfide) groups is 1. The zero-order chi connectivity index (χ0) is 12.3. The number of hydrogen-bond donors (Lipinski definition) is 1.